The van der Waals surface area contributed by atoms with Crippen LogP contribution in [0, 0.1) is 41.4 Å². The van der Waals surface area contributed by atoms with E-state index >= 15 is 0 Å². The molecule has 0 N–H and O–H groups in total. The van der Waals surface area contributed by atoms with Gasteiger partial charge in [-0.3, -0.25) is 4.79 Å². The fourth-order valence-electron chi connectivity index (χ4n) is 7.75. The van der Waals surface area contributed by atoms with Gasteiger partial charge in [-0.1, -0.05) is 78.6 Å². The van der Waals surface area contributed by atoms with Gasteiger partial charge in [0.2, 0.25) is 0 Å². The van der Waals surface area contributed by atoms with E-state index in [1.807, 2.05) is 0 Å². The second-order valence-corrected chi connectivity index (χ2v) is 12.9. The Hall–Kier alpha value is -0.600. The molecule has 3 heteroatoms. The summed E-state index contributed by atoms with van der Waals surface area (Å²) < 4.78 is 20.3. The van der Waals surface area contributed by atoms with Crippen LogP contribution in [0.2, 0.25) is 0 Å². The van der Waals surface area contributed by atoms with Gasteiger partial charge in [-0.05, 0) is 93.3 Å². The highest BCUT2D eigenvalue weighted by Gasteiger charge is 2.31. The van der Waals surface area contributed by atoms with Crippen molar-refractivity contribution in [2.45, 2.75) is 149 Å². The molecular weight excluding hydrogens is 435 g/mol. The van der Waals surface area contributed by atoms with Gasteiger partial charge < -0.3 is 4.74 Å². The van der Waals surface area contributed by atoms with E-state index in [4.69, 9.17) is 4.74 Å². The highest BCUT2D eigenvalue weighted by Crippen LogP contribution is 2.43. The van der Waals surface area contributed by atoms with E-state index in [1.54, 1.807) is 0 Å². The molecule has 0 aromatic carbocycles. The molecule has 3 rings (SSSR count). The average Bonchev–Trinajstić information content (AvgIpc) is 2.88. The Kier molecular flexibility index (Phi) is 12.9. The van der Waals surface area contributed by atoms with Crippen molar-refractivity contribution < 1.29 is 13.9 Å². The van der Waals surface area contributed by atoms with Gasteiger partial charge in [-0.25, -0.2) is 4.39 Å². The van der Waals surface area contributed by atoms with Gasteiger partial charge in [0, 0.05) is 6.42 Å². The first-order chi connectivity index (χ1) is 17.0. The zero-order valence-corrected chi connectivity index (χ0v) is 23.5. The third kappa shape index (κ3) is 9.66. The second-order valence-electron chi connectivity index (χ2n) is 12.9. The number of carbonyl (C=O) groups excluding carboxylic acids is 1. The first-order valence-corrected chi connectivity index (χ1v) is 15.8. The van der Waals surface area contributed by atoms with Crippen LogP contribution in [-0.2, 0) is 9.53 Å². The van der Waals surface area contributed by atoms with Crippen LogP contribution in [0.1, 0.15) is 143 Å². The van der Waals surface area contributed by atoms with E-state index in [1.165, 1.54) is 83.5 Å². The molecule has 0 radical (unpaired) electrons. The van der Waals surface area contributed by atoms with Crippen molar-refractivity contribution in [3.8, 4) is 0 Å². The molecule has 2 atom stereocenters. The molecule has 3 aliphatic rings. The third-order valence-corrected chi connectivity index (χ3v) is 10.3. The van der Waals surface area contributed by atoms with E-state index in [2.05, 4.69) is 20.8 Å². The lowest BCUT2D eigenvalue weighted by atomic mass is 9.68. The predicted octanol–water partition coefficient (Wildman–Crippen LogP) is 9.69. The maximum absolute atomic E-state index is 14.8. The fourth-order valence-corrected chi connectivity index (χ4v) is 7.75. The van der Waals surface area contributed by atoms with Gasteiger partial charge in [0.25, 0.3) is 0 Å². The fraction of sp³-hybridized carbons (Fsp3) is 0.969. The van der Waals surface area contributed by atoms with Gasteiger partial charge in [-0.15, -0.1) is 0 Å². The van der Waals surface area contributed by atoms with Crippen molar-refractivity contribution in [3.05, 3.63) is 0 Å². The van der Waals surface area contributed by atoms with Crippen LogP contribution in [0.5, 0.6) is 0 Å². The smallest absolute Gasteiger partial charge is 0.308 e. The summed E-state index contributed by atoms with van der Waals surface area (Å²) >= 11 is 0. The second kappa shape index (κ2) is 15.6. The Morgan fingerprint density at radius 1 is 0.714 bits per heavy atom. The molecule has 204 valence electrons. The van der Waals surface area contributed by atoms with Gasteiger partial charge in [0.1, 0.15) is 6.17 Å². The normalized spacial score (nSPS) is 33.7. The number of hydrogen-bond donors (Lipinski definition) is 0. The summed E-state index contributed by atoms with van der Waals surface area (Å²) in [6, 6.07) is 0. The topological polar surface area (TPSA) is 26.3 Å². The minimum atomic E-state index is -0.849. The first kappa shape index (κ1) is 29.0. The summed E-state index contributed by atoms with van der Waals surface area (Å²) in [7, 11) is 0. The molecule has 0 saturated heterocycles. The number of hydrogen-bond acceptors (Lipinski definition) is 2. The molecule has 3 aliphatic carbocycles. The van der Waals surface area contributed by atoms with Gasteiger partial charge in [-0.2, -0.15) is 0 Å². The molecule has 3 saturated carbocycles. The summed E-state index contributed by atoms with van der Waals surface area (Å²) in [6.45, 7) is 6.88. The van der Waals surface area contributed by atoms with Crippen molar-refractivity contribution in [3.63, 3.8) is 0 Å². The summed E-state index contributed by atoms with van der Waals surface area (Å²) in [6.07, 6.45) is 22.7. The van der Waals surface area contributed by atoms with E-state index < -0.39 is 6.17 Å². The summed E-state index contributed by atoms with van der Waals surface area (Å²) in [5, 5.41) is 0. The van der Waals surface area contributed by atoms with E-state index in [0.29, 0.717) is 6.42 Å². The molecule has 0 spiro atoms. The molecular formula is C32H57FO2. The SMILES string of the molecule is CCCC1CCC(C(=O)OCCC(F)C(C)CCC2CCC(C3CCC(CCC)CC3)CC2)CC1. The molecule has 0 aromatic heterocycles. The number of ether oxygens (including phenoxy) is 1. The van der Waals surface area contributed by atoms with Crippen molar-refractivity contribution in [1.29, 1.82) is 0 Å². The molecule has 0 aliphatic heterocycles. The van der Waals surface area contributed by atoms with Crippen molar-refractivity contribution in [1.82, 2.24) is 0 Å². The quantitative estimate of drug-likeness (QED) is 0.239. The van der Waals surface area contributed by atoms with Crippen LogP contribution in [-0.4, -0.2) is 18.7 Å². The molecule has 0 heterocycles. The number of halogens is 1. The lowest BCUT2D eigenvalue weighted by molar-refractivity contribution is -0.150. The lowest BCUT2D eigenvalue weighted by Crippen LogP contribution is -2.26. The minimum Gasteiger partial charge on any atom is -0.465 e. The Morgan fingerprint density at radius 3 is 1.66 bits per heavy atom. The molecule has 0 amide bonds. The lowest BCUT2D eigenvalue weighted by Gasteiger charge is -2.38. The summed E-state index contributed by atoms with van der Waals surface area (Å²) in [4.78, 5) is 12.4. The van der Waals surface area contributed by atoms with E-state index in [9.17, 15) is 9.18 Å². The summed E-state index contributed by atoms with van der Waals surface area (Å²) in [5.41, 5.74) is 0. The van der Waals surface area contributed by atoms with Crippen molar-refractivity contribution in [2.75, 3.05) is 6.61 Å². The summed E-state index contributed by atoms with van der Waals surface area (Å²) in [5.74, 6) is 4.62. The average molecular weight is 493 g/mol. The van der Waals surface area contributed by atoms with Crippen LogP contribution < -0.4 is 0 Å². The standard InChI is InChI=1S/C32H57FO2/c1-4-6-25-10-16-28(17-11-25)29-18-12-27(13-19-29)9-8-24(3)31(33)22-23-35-32(34)30-20-14-26(7-5-2)15-21-30/h24-31H,4-23H2,1-3H3. The van der Waals surface area contributed by atoms with E-state index in [-0.39, 0.29) is 24.4 Å². The molecule has 2 nitrogen and oxygen atoms in total. The Bertz CT molecular complexity index is 568. The monoisotopic (exact) mass is 492 g/mol. The van der Waals surface area contributed by atoms with Gasteiger partial charge in [0.05, 0.1) is 12.5 Å². The maximum Gasteiger partial charge on any atom is 0.308 e. The number of carbonyl (C=O) groups is 1. The number of rotatable bonds is 13. The Labute approximate surface area is 216 Å². The van der Waals surface area contributed by atoms with Crippen LogP contribution in [0.15, 0.2) is 0 Å². The first-order valence-electron chi connectivity index (χ1n) is 15.8. The Balaban J connectivity index is 1.23. The third-order valence-electron chi connectivity index (χ3n) is 10.3. The van der Waals surface area contributed by atoms with Crippen LogP contribution >= 0.6 is 0 Å². The van der Waals surface area contributed by atoms with Crippen LogP contribution in [0.25, 0.3) is 0 Å². The van der Waals surface area contributed by atoms with Crippen LogP contribution in [0.3, 0.4) is 0 Å². The van der Waals surface area contributed by atoms with Gasteiger partial charge in [0.15, 0.2) is 0 Å². The number of esters is 1. The molecule has 0 aromatic rings. The molecule has 0 bridgehead atoms. The zero-order chi connectivity index (χ0) is 25.0. The van der Waals surface area contributed by atoms with Crippen molar-refractivity contribution in [2.24, 2.45) is 41.4 Å². The highest BCUT2D eigenvalue weighted by molar-refractivity contribution is 5.72. The van der Waals surface area contributed by atoms with E-state index in [0.717, 1.165) is 61.7 Å². The minimum absolute atomic E-state index is 0.0556. The largest absolute Gasteiger partial charge is 0.465 e. The van der Waals surface area contributed by atoms with Crippen molar-refractivity contribution >= 4 is 5.97 Å². The zero-order valence-electron chi connectivity index (χ0n) is 23.5. The predicted molar refractivity (Wildman–Crippen MR) is 145 cm³/mol. The maximum atomic E-state index is 14.8. The van der Waals surface area contributed by atoms with Gasteiger partial charge >= 0.3 is 5.97 Å². The highest BCUT2D eigenvalue weighted by atomic mass is 19.1. The molecule has 35 heavy (non-hydrogen) atoms. The molecule has 2 unspecified atom stereocenters. The Morgan fingerprint density at radius 2 is 1.17 bits per heavy atom. The molecule has 3 fully saturated rings. The van der Waals surface area contributed by atoms with Crippen LogP contribution in [0.4, 0.5) is 4.39 Å². The number of alkyl halides is 1.